The zero-order valence-corrected chi connectivity index (χ0v) is 10.2. The fourth-order valence-electron chi connectivity index (χ4n) is 1.11. The molecule has 2 N–H and O–H groups in total. The van der Waals surface area contributed by atoms with Crippen molar-refractivity contribution in [2.75, 3.05) is 11.6 Å². The molecule has 0 aromatic heterocycles. The number of hydrogen-bond acceptors (Lipinski definition) is 3. The van der Waals surface area contributed by atoms with Crippen molar-refractivity contribution in [2.24, 2.45) is 5.73 Å². The number of nitrogens with two attached hydrogens (primary N) is 1. The van der Waals surface area contributed by atoms with Crippen LogP contribution in [0.2, 0.25) is 5.02 Å². The first-order valence-corrected chi connectivity index (χ1v) is 6.85. The minimum Gasteiger partial charge on any atom is -0.326 e. The van der Waals surface area contributed by atoms with Gasteiger partial charge in [-0.25, -0.2) is 8.42 Å². The summed E-state index contributed by atoms with van der Waals surface area (Å²) in [4.78, 5) is 0.186. The van der Waals surface area contributed by atoms with E-state index in [4.69, 9.17) is 28.9 Å². The minimum absolute atomic E-state index is 0.0680. The van der Waals surface area contributed by atoms with Gasteiger partial charge in [-0.15, -0.1) is 11.6 Å². The number of alkyl halides is 1. The fourth-order valence-corrected chi connectivity index (χ4v) is 3.05. The van der Waals surface area contributed by atoms with Crippen LogP contribution in [0.5, 0.6) is 0 Å². The van der Waals surface area contributed by atoms with Crippen LogP contribution in [0.15, 0.2) is 23.1 Å². The van der Waals surface area contributed by atoms with Crippen LogP contribution in [-0.2, 0) is 16.4 Å². The second kappa shape index (κ2) is 5.16. The normalized spacial score (nSPS) is 11.7. The Morgan fingerprint density at radius 2 is 2.00 bits per heavy atom. The molecule has 0 aliphatic carbocycles. The molecule has 1 aromatic carbocycles. The van der Waals surface area contributed by atoms with Gasteiger partial charge in [0, 0.05) is 17.4 Å². The molecule has 1 aromatic rings. The molecule has 15 heavy (non-hydrogen) atoms. The number of rotatable bonds is 4. The summed E-state index contributed by atoms with van der Waals surface area (Å²) < 4.78 is 23.2. The van der Waals surface area contributed by atoms with Crippen LogP contribution in [0.1, 0.15) is 5.56 Å². The first-order chi connectivity index (χ1) is 7.01. The Balaban J connectivity index is 3.13. The lowest BCUT2D eigenvalue weighted by Crippen LogP contribution is -2.08. The lowest BCUT2D eigenvalue weighted by atomic mass is 10.2. The van der Waals surface area contributed by atoms with Crippen molar-refractivity contribution in [1.82, 2.24) is 0 Å². The van der Waals surface area contributed by atoms with Gasteiger partial charge in [0.25, 0.3) is 0 Å². The summed E-state index contributed by atoms with van der Waals surface area (Å²) in [5.74, 6) is -0.0224. The number of sulfone groups is 1. The van der Waals surface area contributed by atoms with E-state index in [1.54, 1.807) is 6.07 Å². The average molecular weight is 268 g/mol. The van der Waals surface area contributed by atoms with Crippen LogP contribution in [0.25, 0.3) is 0 Å². The average Bonchev–Trinajstić information content (AvgIpc) is 2.17. The maximum Gasteiger partial charge on any atom is 0.179 e. The van der Waals surface area contributed by atoms with Gasteiger partial charge in [-0.3, -0.25) is 0 Å². The van der Waals surface area contributed by atoms with E-state index in [0.29, 0.717) is 5.02 Å². The van der Waals surface area contributed by atoms with E-state index in [-0.39, 0.29) is 23.1 Å². The van der Waals surface area contributed by atoms with E-state index in [1.165, 1.54) is 12.1 Å². The van der Waals surface area contributed by atoms with E-state index in [2.05, 4.69) is 0 Å². The SMILES string of the molecule is NCc1ccc(S(=O)(=O)CCCl)cc1Cl. The molecule has 0 amide bonds. The monoisotopic (exact) mass is 267 g/mol. The van der Waals surface area contributed by atoms with Gasteiger partial charge in [-0.05, 0) is 17.7 Å². The zero-order valence-electron chi connectivity index (χ0n) is 7.91. The highest BCUT2D eigenvalue weighted by Gasteiger charge is 2.14. The minimum atomic E-state index is -3.32. The first-order valence-electron chi connectivity index (χ1n) is 4.28. The second-order valence-corrected chi connectivity index (χ2v) is 5.86. The van der Waals surface area contributed by atoms with Gasteiger partial charge in [0.2, 0.25) is 0 Å². The summed E-state index contributed by atoms with van der Waals surface area (Å²) >= 11 is 11.3. The van der Waals surface area contributed by atoms with Gasteiger partial charge in [0.1, 0.15) is 0 Å². The first kappa shape index (κ1) is 12.8. The predicted octanol–water partition coefficient (Wildman–Crippen LogP) is 1.81. The molecular weight excluding hydrogens is 257 g/mol. The molecule has 0 atom stereocenters. The van der Waals surface area contributed by atoms with Crippen molar-refractivity contribution in [3.63, 3.8) is 0 Å². The Labute approximate surface area is 99.1 Å². The molecule has 0 bridgehead atoms. The molecule has 0 heterocycles. The summed E-state index contributed by atoms with van der Waals surface area (Å²) in [6.45, 7) is 0.286. The van der Waals surface area contributed by atoms with Crippen LogP contribution >= 0.6 is 23.2 Å². The van der Waals surface area contributed by atoms with Crippen LogP contribution in [0, 0.1) is 0 Å². The number of halogens is 2. The van der Waals surface area contributed by atoms with E-state index >= 15 is 0 Å². The van der Waals surface area contributed by atoms with Crippen LogP contribution < -0.4 is 5.73 Å². The third-order valence-electron chi connectivity index (χ3n) is 1.95. The summed E-state index contributed by atoms with van der Waals surface area (Å²) in [5.41, 5.74) is 6.14. The molecule has 84 valence electrons. The standard InChI is InChI=1S/C9H11Cl2NO2S/c10-3-4-15(13,14)8-2-1-7(6-12)9(11)5-8/h1-2,5H,3-4,6,12H2. The maximum absolute atomic E-state index is 11.6. The van der Waals surface area contributed by atoms with Gasteiger partial charge in [-0.2, -0.15) is 0 Å². The lowest BCUT2D eigenvalue weighted by molar-refractivity contribution is 0.597. The van der Waals surface area contributed by atoms with Gasteiger partial charge in [-0.1, -0.05) is 17.7 Å². The van der Waals surface area contributed by atoms with Crippen molar-refractivity contribution < 1.29 is 8.42 Å². The molecule has 0 fully saturated rings. The highest BCUT2D eigenvalue weighted by molar-refractivity contribution is 7.91. The summed E-state index contributed by atoms with van der Waals surface area (Å²) in [6, 6.07) is 4.52. The Hall–Kier alpha value is -0.290. The van der Waals surface area contributed by atoms with E-state index in [1.807, 2.05) is 0 Å². The topological polar surface area (TPSA) is 60.2 Å². The predicted molar refractivity (Wildman–Crippen MR) is 62.1 cm³/mol. The lowest BCUT2D eigenvalue weighted by Gasteiger charge is -2.05. The highest BCUT2D eigenvalue weighted by atomic mass is 35.5. The van der Waals surface area contributed by atoms with E-state index in [0.717, 1.165) is 5.56 Å². The van der Waals surface area contributed by atoms with Crippen LogP contribution in [0.3, 0.4) is 0 Å². The van der Waals surface area contributed by atoms with Gasteiger partial charge in [0.15, 0.2) is 9.84 Å². The second-order valence-electron chi connectivity index (χ2n) is 2.97. The molecule has 3 nitrogen and oxygen atoms in total. The smallest absolute Gasteiger partial charge is 0.179 e. The van der Waals surface area contributed by atoms with Gasteiger partial charge < -0.3 is 5.73 Å². The largest absolute Gasteiger partial charge is 0.326 e. The van der Waals surface area contributed by atoms with Crippen LogP contribution in [0.4, 0.5) is 0 Å². The van der Waals surface area contributed by atoms with Crippen LogP contribution in [-0.4, -0.2) is 20.1 Å². The zero-order chi connectivity index (χ0) is 11.5. The Kier molecular flexibility index (Phi) is 4.40. The third-order valence-corrected chi connectivity index (χ3v) is 4.43. The van der Waals surface area contributed by atoms with E-state index < -0.39 is 9.84 Å². The molecule has 0 radical (unpaired) electrons. The maximum atomic E-state index is 11.6. The van der Waals surface area contributed by atoms with Crippen molar-refractivity contribution in [3.05, 3.63) is 28.8 Å². The Morgan fingerprint density at radius 1 is 1.33 bits per heavy atom. The summed E-state index contributed by atoms with van der Waals surface area (Å²) in [7, 11) is -3.32. The molecule has 0 aliphatic rings. The van der Waals surface area contributed by atoms with Gasteiger partial charge in [0.05, 0.1) is 10.6 Å². The molecular formula is C9H11Cl2NO2S. The molecule has 0 unspecified atom stereocenters. The van der Waals surface area contributed by atoms with Crippen molar-refractivity contribution in [3.8, 4) is 0 Å². The summed E-state index contributed by atoms with van der Waals surface area (Å²) in [6.07, 6.45) is 0. The molecule has 0 saturated carbocycles. The van der Waals surface area contributed by atoms with Crippen molar-refractivity contribution in [1.29, 1.82) is 0 Å². The number of hydrogen-bond donors (Lipinski definition) is 1. The molecule has 6 heteroatoms. The molecule has 0 spiro atoms. The van der Waals surface area contributed by atoms with Gasteiger partial charge >= 0.3 is 0 Å². The van der Waals surface area contributed by atoms with Crippen molar-refractivity contribution in [2.45, 2.75) is 11.4 Å². The third kappa shape index (κ3) is 3.08. The number of benzene rings is 1. The highest BCUT2D eigenvalue weighted by Crippen LogP contribution is 2.21. The Bertz CT molecular complexity index is 445. The Morgan fingerprint density at radius 3 is 2.47 bits per heavy atom. The fraction of sp³-hybridized carbons (Fsp3) is 0.333. The van der Waals surface area contributed by atoms with E-state index in [9.17, 15) is 8.42 Å². The van der Waals surface area contributed by atoms with Crippen molar-refractivity contribution >= 4 is 33.0 Å². The summed E-state index contributed by atoms with van der Waals surface area (Å²) in [5, 5.41) is 0.369. The molecule has 0 saturated heterocycles. The quantitative estimate of drug-likeness (QED) is 0.847. The molecule has 1 rings (SSSR count). The molecule has 0 aliphatic heterocycles.